The van der Waals surface area contributed by atoms with Crippen molar-refractivity contribution in [1.82, 2.24) is 4.98 Å². The molecule has 0 unspecified atom stereocenters. The number of thiazole rings is 1. The molecule has 2 heterocycles. The molecule has 4 heteroatoms. The Morgan fingerprint density at radius 3 is 2.94 bits per heavy atom. The van der Waals surface area contributed by atoms with Crippen LogP contribution >= 0.6 is 11.3 Å². The van der Waals surface area contributed by atoms with Gasteiger partial charge in [-0.1, -0.05) is 18.2 Å². The molecule has 0 radical (unpaired) electrons. The van der Waals surface area contributed by atoms with E-state index in [1.54, 1.807) is 17.5 Å². The fourth-order valence-corrected chi connectivity index (χ4v) is 2.35. The van der Waals surface area contributed by atoms with Crippen LogP contribution in [0.4, 0.5) is 0 Å². The maximum absolute atomic E-state index is 5.72. The van der Waals surface area contributed by atoms with Crippen LogP contribution in [0.25, 0.3) is 21.7 Å². The molecule has 0 saturated heterocycles. The lowest BCUT2D eigenvalue weighted by molar-refractivity contribution is 0.631. The maximum Gasteiger partial charge on any atom is 0.164 e. The van der Waals surface area contributed by atoms with Crippen LogP contribution < -0.4 is 5.73 Å². The average Bonchev–Trinajstić information content (AvgIpc) is 2.95. The molecule has 3 nitrogen and oxygen atoms in total. The second-order valence-electron chi connectivity index (χ2n) is 3.48. The molecule has 0 spiro atoms. The van der Waals surface area contributed by atoms with Crippen molar-refractivity contribution in [2.45, 2.75) is 6.54 Å². The largest absolute Gasteiger partial charge is 0.454 e. The average molecular weight is 230 g/mol. The van der Waals surface area contributed by atoms with Crippen LogP contribution in [0.3, 0.4) is 0 Å². The lowest BCUT2D eigenvalue weighted by atomic mass is 10.2. The van der Waals surface area contributed by atoms with E-state index in [4.69, 9.17) is 10.2 Å². The summed E-state index contributed by atoms with van der Waals surface area (Å²) in [6.45, 7) is 0.526. The fourth-order valence-electron chi connectivity index (χ4n) is 1.60. The predicted octanol–water partition coefficient (Wildman–Crippen LogP) is 3.02. The predicted molar refractivity (Wildman–Crippen MR) is 65.2 cm³/mol. The Balaban J connectivity index is 2.11. The minimum Gasteiger partial charge on any atom is -0.454 e. The first-order chi connectivity index (χ1) is 7.86. The van der Waals surface area contributed by atoms with E-state index in [1.165, 1.54) is 0 Å². The van der Waals surface area contributed by atoms with Crippen LogP contribution in [0.15, 0.2) is 40.9 Å². The van der Waals surface area contributed by atoms with Crippen LogP contribution in [0.5, 0.6) is 0 Å². The van der Waals surface area contributed by atoms with Crippen LogP contribution in [0, 0.1) is 0 Å². The minimum absolute atomic E-state index is 0.526. The van der Waals surface area contributed by atoms with Gasteiger partial charge in [-0.25, -0.2) is 4.98 Å². The number of fused-ring (bicyclic) bond motifs is 1. The van der Waals surface area contributed by atoms with E-state index in [9.17, 15) is 0 Å². The Kier molecular flexibility index (Phi) is 2.23. The number of hydrogen-bond donors (Lipinski definition) is 1. The highest BCUT2D eigenvalue weighted by Gasteiger charge is 2.09. The zero-order valence-electron chi connectivity index (χ0n) is 8.51. The molecule has 0 bridgehead atoms. The van der Waals surface area contributed by atoms with Crippen molar-refractivity contribution < 1.29 is 4.42 Å². The summed E-state index contributed by atoms with van der Waals surface area (Å²) >= 11 is 1.57. The summed E-state index contributed by atoms with van der Waals surface area (Å²) in [4.78, 5) is 5.36. The van der Waals surface area contributed by atoms with Crippen molar-refractivity contribution in [1.29, 1.82) is 0 Å². The third-order valence-electron chi connectivity index (χ3n) is 2.39. The van der Waals surface area contributed by atoms with Crippen LogP contribution in [0.1, 0.15) is 4.88 Å². The molecule has 0 aliphatic heterocycles. The zero-order chi connectivity index (χ0) is 11.0. The van der Waals surface area contributed by atoms with E-state index in [0.29, 0.717) is 6.54 Å². The van der Waals surface area contributed by atoms with E-state index in [0.717, 1.165) is 26.6 Å². The molecular weight excluding hydrogens is 220 g/mol. The summed E-state index contributed by atoms with van der Waals surface area (Å²) in [7, 11) is 0. The maximum atomic E-state index is 5.72. The Hall–Kier alpha value is -1.65. The van der Waals surface area contributed by atoms with Crippen molar-refractivity contribution in [2.75, 3.05) is 0 Å². The van der Waals surface area contributed by atoms with Crippen molar-refractivity contribution in [2.24, 2.45) is 5.73 Å². The van der Waals surface area contributed by atoms with Crippen molar-refractivity contribution in [3.63, 3.8) is 0 Å². The molecule has 3 rings (SSSR count). The van der Waals surface area contributed by atoms with E-state index < -0.39 is 0 Å². The van der Waals surface area contributed by atoms with Gasteiger partial charge in [0.2, 0.25) is 0 Å². The molecule has 3 aromatic rings. The summed E-state index contributed by atoms with van der Waals surface area (Å²) in [6.07, 6.45) is 1.80. The van der Waals surface area contributed by atoms with Gasteiger partial charge in [-0.05, 0) is 12.1 Å². The highest BCUT2D eigenvalue weighted by Crippen LogP contribution is 2.30. The van der Waals surface area contributed by atoms with Gasteiger partial charge in [0, 0.05) is 23.0 Å². The molecule has 0 atom stereocenters. The first-order valence-electron chi connectivity index (χ1n) is 5.00. The molecule has 2 aromatic heterocycles. The van der Waals surface area contributed by atoms with Crippen LogP contribution in [0.2, 0.25) is 0 Å². The summed E-state index contributed by atoms with van der Waals surface area (Å²) in [6, 6.07) is 9.95. The van der Waals surface area contributed by atoms with Gasteiger partial charge < -0.3 is 10.2 Å². The van der Waals surface area contributed by atoms with E-state index in [1.807, 2.05) is 30.3 Å². The van der Waals surface area contributed by atoms with Gasteiger partial charge in [0.15, 0.2) is 10.8 Å². The smallest absolute Gasteiger partial charge is 0.164 e. The van der Waals surface area contributed by atoms with Gasteiger partial charge in [-0.2, -0.15) is 0 Å². The highest BCUT2D eigenvalue weighted by atomic mass is 32.1. The second-order valence-corrected chi connectivity index (χ2v) is 4.60. The Bertz CT molecular complexity index is 594. The fraction of sp³-hybridized carbons (Fsp3) is 0.0833. The molecule has 1 aromatic carbocycles. The topological polar surface area (TPSA) is 52.0 Å². The number of benzene rings is 1. The van der Waals surface area contributed by atoms with Gasteiger partial charge in [0.05, 0.1) is 0 Å². The molecule has 0 aliphatic carbocycles. The molecule has 2 N–H and O–H groups in total. The lowest BCUT2D eigenvalue weighted by Gasteiger charge is -1.86. The first kappa shape index (κ1) is 9.57. The molecule has 0 saturated carbocycles. The third-order valence-corrected chi connectivity index (χ3v) is 3.43. The Labute approximate surface area is 96.5 Å². The number of rotatable bonds is 2. The molecule has 0 aliphatic rings. The summed E-state index contributed by atoms with van der Waals surface area (Å²) in [5.41, 5.74) is 6.45. The Morgan fingerprint density at radius 1 is 1.31 bits per heavy atom. The SMILES string of the molecule is NCc1cnc(-c2cc3ccccc3o2)s1. The molecule has 16 heavy (non-hydrogen) atoms. The minimum atomic E-state index is 0.526. The summed E-state index contributed by atoms with van der Waals surface area (Å²) in [5.74, 6) is 0.811. The summed E-state index contributed by atoms with van der Waals surface area (Å²) < 4.78 is 5.72. The van der Waals surface area contributed by atoms with Gasteiger partial charge in [0.25, 0.3) is 0 Å². The monoisotopic (exact) mass is 230 g/mol. The molecular formula is C12H10N2OS. The second kappa shape index (κ2) is 3.73. The zero-order valence-corrected chi connectivity index (χ0v) is 9.33. The van der Waals surface area contributed by atoms with Crippen molar-refractivity contribution >= 4 is 22.3 Å². The van der Waals surface area contributed by atoms with Crippen LogP contribution in [-0.2, 0) is 6.54 Å². The van der Waals surface area contributed by atoms with Gasteiger partial charge in [0.1, 0.15) is 5.58 Å². The van der Waals surface area contributed by atoms with E-state index in [2.05, 4.69) is 4.98 Å². The Morgan fingerprint density at radius 2 is 2.19 bits per heavy atom. The van der Waals surface area contributed by atoms with Crippen LogP contribution in [-0.4, -0.2) is 4.98 Å². The standard InChI is InChI=1S/C12H10N2OS/c13-6-9-7-14-12(16-9)11-5-8-3-1-2-4-10(8)15-11/h1-5,7H,6,13H2. The molecule has 0 fully saturated rings. The quantitative estimate of drug-likeness (QED) is 0.736. The number of aromatic nitrogens is 1. The first-order valence-corrected chi connectivity index (χ1v) is 5.82. The van der Waals surface area contributed by atoms with Crippen molar-refractivity contribution in [3.05, 3.63) is 41.4 Å². The highest BCUT2D eigenvalue weighted by molar-refractivity contribution is 7.14. The number of furan rings is 1. The van der Waals surface area contributed by atoms with E-state index >= 15 is 0 Å². The number of hydrogen-bond acceptors (Lipinski definition) is 4. The van der Waals surface area contributed by atoms with Gasteiger partial charge >= 0.3 is 0 Å². The molecule has 80 valence electrons. The van der Waals surface area contributed by atoms with Gasteiger partial charge in [-0.3, -0.25) is 0 Å². The van der Waals surface area contributed by atoms with Gasteiger partial charge in [-0.15, -0.1) is 11.3 Å². The summed E-state index contributed by atoms with van der Waals surface area (Å²) in [5, 5.41) is 1.98. The third kappa shape index (κ3) is 1.52. The number of para-hydroxylation sites is 1. The van der Waals surface area contributed by atoms with E-state index in [-0.39, 0.29) is 0 Å². The molecule has 0 amide bonds. The van der Waals surface area contributed by atoms with Crippen molar-refractivity contribution in [3.8, 4) is 10.8 Å². The lowest BCUT2D eigenvalue weighted by Crippen LogP contribution is -1.91. The number of nitrogens with two attached hydrogens (primary N) is 1. The number of nitrogens with zero attached hydrogens (tertiary/aromatic N) is 1. The normalized spacial score (nSPS) is 11.1.